The van der Waals surface area contributed by atoms with Crippen LogP contribution in [-0.2, 0) is 25.7 Å². The van der Waals surface area contributed by atoms with Gasteiger partial charge in [0.15, 0.2) is 0 Å². The van der Waals surface area contributed by atoms with Gasteiger partial charge in [-0.15, -0.1) is 0 Å². The molecule has 0 saturated heterocycles. The van der Waals surface area contributed by atoms with Gasteiger partial charge in [-0.3, -0.25) is 0 Å². The maximum absolute atomic E-state index is 12.9. The van der Waals surface area contributed by atoms with Crippen LogP contribution in [0.15, 0.2) is 47.5 Å². The van der Waals surface area contributed by atoms with Gasteiger partial charge in [0.05, 0.1) is 0 Å². The van der Waals surface area contributed by atoms with E-state index in [1.807, 2.05) is 0 Å². The predicted molar refractivity (Wildman–Crippen MR) is 276 cm³/mol. The molecule has 0 unspecified atom stereocenters. The van der Waals surface area contributed by atoms with E-state index in [-0.39, 0.29) is 0 Å². The smallest absolute Gasteiger partial charge is 0.211 e. The highest BCUT2D eigenvalue weighted by Gasteiger charge is 2.36. The quantitative estimate of drug-likeness (QED) is 0.0472. The number of allylic oxidation sites excluding steroid dienone is 2. The summed E-state index contributed by atoms with van der Waals surface area (Å²) in [5.41, 5.74) is 26.4. The Bertz CT molecular complexity index is 1470. The molecular weight excluding hydrogens is 749 g/mol. The summed E-state index contributed by atoms with van der Waals surface area (Å²) in [4.78, 5) is 0. The molecule has 3 rings (SSSR count). The van der Waals surface area contributed by atoms with Crippen LogP contribution in [0.25, 0.3) is 16.9 Å². The molecule has 1 aliphatic rings. The van der Waals surface area contributed by atoms with E-state index in [1.54, 1.807) is 4.70 Å². The van der Waals surface area contributed by atoms with E-state index in [4.69, 9.17) is 0 Å². The summed E-state index contributed by atoms with van der Waals surface area (Å²) < 4.78 is 1.73. The van der Waals surface area contributed by atoms with E-state index >= 15 is 0 Å². The Kier molecular flexibility index (Phi) is 30.3. The lowest BCUT2D eigenvalue weighted by Gasteiger charge is -2.15. The normalized spacial score (nSPS) is 13.1. The highest BCUT2D eigenvalue weighted by molar-refractivity contribution is 5.82. The standard InChI is InChI=1S/C60H100N2/c1-7-13-19-24-29-34-39-51-45-52(40-35-30-25-20-14-8-2)48-55(47-51)59-57(43-18-12-6)58(44-38-33-28-23-17-11-5)60(62(59)61)56-49-53(41-36-31-26-21-15-9-3)46-54(50-56)42-37-32-27-22-16-10-4/h45-50H,7-44H2,1-6H3. The Morgan fingerprint density at radius 3 is 0.774 bits per heavy atom. The molecule has 2 nitrogen and oxygen atoms in total. The SMILES string of the molecule is CCCCCCCCC1=C(c2cc(CCCCCCCC)cc(CCCCCCCC)c2)[N+](=[N-])C(c2cc(CCCCCCCC)cc(CCCCCCCC)c2)=C1CCCC. The van der Waals surface area contributed by atoms with Gasteiger partial charge in [-0.25, -0.2) is 4.70 Å². The summed E-state index contributed by atoms with van der Waals surface area (Å²) in [6.45, 7) is 13.9. The first-order chi connectivity index (χ1) is 30.5. The maximum Gasteiger partial charge on any atom is 0.211 e. The molecule has 2 aromatic carbocycles. The highest BCUT2D eigenvalue weighted by atomic mass is 15.2. The zero-order valence-electron chi connectivity index (χ0n) is 42.2. The van der Waals surface area contributed by atoms with E-state index in [1.165, 1.54) is 244 Å². The number of aryl methyl sites for hydroxylation is 4. The van der Waals surface area contributed by atoms with Crippen molar-refractivity contribution in [3.05, 3.63) is 86.5 Å². The molecule has 2 heteroatoms. The summed E-state index contributed by atoms with van der Waals surface area (Å²) in [5, 5.41) is 0. The fourth-order valence-electron chi connectivity index (χ4n) is 10.0. The van der Waals surface area contributed by atoms with Crippen molar-refractivity contribution in [2.45, 2.75) is 286 Å². The lowest BCUT2D eigenvalue weighted by Crippen LogP contribution is -2.05. The highest BCUT2D eigenvalue weighted by Crippen LogP contribution is 2.45. The first-order valence-electron chi connectivity index (χ1n) is 27.7. The molecule has 350 valence electrons. The van der Waals surface area contributed by atoms with Crippen molar-refractivity contribution in [1.82, 2.24) is 0 Å². The molecule has 0 aliphatic carbocycles. The Hall–Kier alpha value is -2.48. The van der Waals surface area contributed by atoms with E-state index < -0.39 is 0 Å². The van der Waals surface area contributed by atoms with Crippen LogP contribution in [0.2, 0.25) is 0 Å². The van der Waals surface area contributed by atoms with Gasteiger partial charge in [-0.05, 0) is 124 Å². The number of nitrogens with zero attached hydrogens (tertiary/aromatic N) is 2. The predicted octanol–water partition coefficient (Wildman–Crippen LogP) is 20.4. The molecule has 0 aromatic heterocycles. The van der Waals surface area contributed by atoms with Gasteiger partial charge in [0.1, 0.15) is 0 Å². The number of unbranched alkanes of at least 4 members (excludes halogenated alkanes) is 26. The van der Waals surface area contributed by atoms with Gasteiger partial charge in [-0.1, -0.05) is 221 Å². The number of rotatable bonds is 40. The first-order valence-corrected chi connectivity index (χ1v) is 27.7. The van der Waals surface area contributed by atoms with E-state index in [9.17, 15) is 5.53 Å². The molecule has 0 bridgehead atoms. The lowest BCUT2D eigenvalue weighted by molar-refractivity contribution is -0.345. The third kappa shape index (κ3) is 21.0. The molecule has 0 radical (unpaired) electrons. The molecule has 0 spiro atoms. The first kappa shape index (κ1) is 53.9. The molecule has 1 heterocycles. The summed E-state index contributed by atoms with van der Waals surface area (Å²) in [7, 11) is 0. The van der Waals surface area contributed by atoms with Crippen LogP contribution < -0.4 is 0 Å². The molecule has 2 aromatic rings. The van der Waals surface area contributed by atoms with Crippen molar-refractivity contribution in [2.24, 2.45) is 0 Å². The summed E-state index contributed by atoms with van der Waals surface area (Å²) >= 11 is 0. The molecule has 0 amide bonds. The fraction of sp³-hybridized carbons (Fsp3) is 0.733. The molecular formula is C60H100N2. The van der Waals surface area contributed by atoms with Gasteiger partial charge in [0.25, 0.3) is 0 Å². The molecule has 62 heavy (non-hydrogen) atoms. The Morgan fingerprint density at radius 2 is 0.500 bits per heavy atom. The minimum atomic E-state index is 1.04. The third-order valence-electron chi connectivity index (χ3n) is 13.8. The van der Waals surface area contributed by atoms with Crippen LogP contribution in [0.3, 0.4) is 0 Å². The van der Waals surface area contributed by atoms with Crippen molar-refractivity contribution >= 4 is 11.4 Å². The van der Waals surface area contributed by atoms with Crippen molar-refractivity contribution in [2.75, 3.05) is 0 Å². The monoisotopic (exact) mass is 849 g/mol. The van der Waals surface area contributed by atoms with Gasteiger partial charge >= 0.3 is 0 Å². The van der Waals surface area contributed by atoms with Crippen LogP contribution in [0.4, 0.5) is 0 Å². The Labute approximate surface area is 386 Å². The maximum atomic E-state index is 12.9. The van der Waals surface area contributed by atoms with Gasteiger partial charge in [-0.2, -0.15) is 0 Å². The molecule has 0 saturated carbocycles. The van der Waals surface area contributed by atoms with Crippen LogP contribution in [0.5, 0.6) is 0 Å². The minimum absolute atomic E-state index is 1.04. The largest absolute Gasteiger partial charge is 0.493 e. The summed E-state index contributed by atoms with van der Waals surface area (Å²) in [5.74, 6) is 0. The zero-order valence-corrected chi connectivity index (χ0v) is 42.2. The van der Waals surface area contributed by atoms with E-state index in [2.05, 4.69) is 77.9 Å². The topological polar surface area (TPSA) is 25.3 Å². The third-order valence-corrected chi connectivity index (χ3v) is 13.8. The van der Waals surface area contributed by atoms with Crippen LogP contribution in [0.1, 0.15) is 293 Å². The Balaban J connectivity index is 2.10. The Morgan fingerprint density at radius 1 is 0.274 bits per heavy atom. The van der Waals surface area contributed by atoms with E-state index in [0.717, 1.165) is 56.3 Å². The molecule has 0 fully saturated rings. The van der Waals surface area contributed by atoms with Crippen LogP contribution >= 0.6 is 0 Å². The molecule has 0 atom stereocenters. The summed E-state index contributed by atoms with van der Waals surface area (Å²) in [6, 6.07) is 15.1. The average molecular weight is 849 g/mol. The minimum Gasteiger partial charge on any atom is -0.493 e. The van der Waals surface area contributed by atoms with Gasteiger partial charge in [0, 0.05) is 22.3 Å². The lowest BCUT2D eigenvalue weighted by atomic mass is 9.89. The second kappa shape index (κ2) is 34.9. The summed E-state index contributed by atoms with van der Waals surface area (Å²) in [6.07, 6.45) is 48.5. The average Bonchev–Trinajstić information content (AvgIpc) is 3.56. The second-order valence-corrected chi connectivity index (χ2v) is 19.7. The van der Waals surface area contributed by atoms with Crippen molar-refractivity contribution in [1.29, 1.82) is 0 Å². The number of hydrogen-bond donors (Lipinski definition) is 0. The van der Waals surface area contributed by atoms with Crippen LogP contribution in [-0.4, -0.2) is 4.70 Å². The van der Waals surface area contributed by atoms with Crippen LogP contribution in [0, 0.1) is 0 Å². The van der Waals surface area contributed by atoms with Crippen molar-refractivity contribution < 1.29 is 4.70 Å². The molecule has 0 N–H and O–H groups in total. The molecule has 1 aliphatic heterocycles. The van der Waals surface area contributed by atoms with Gasteiger partial charge < -0.3 is 5.53 Å². The van der Waals surface area contributed by atoms with E-state index in [0.29, 0.717) is 0 Å². The van der Waals surface area contributed by atoms with Crippen molar-refractivity contribution in [3.8, 4) is 0 Å². The second-order valence-electron chi connectivity index (χ2n) is 19.7. The van der Waals surface area contributed by atoms with Gasteiger partial charge in [0.2, 0.25) is 11.4 Å². The number of hydrogen-bond acceptors (Lipinski definition) is 0. The fourth-order valence-corrected chi connectivity index (χ4v) is 10.0. The van der Waals surface area contributed by atoms with Crippen molar-refractivity contribution in [3.63, 3.8) is 0 Å². The number of benzene rings is 2. The zero-order chi connectivity index (χ0) is 44.5.